The van der Waals surface area contributed by atoms with Crippen molar-refractivity contribution >= 4 is 11.6 Å². The van der Waals surface area contributed by atoms with E-state index in [0.717, 1.165) is 46.8 Å². The van der Waals surface area contributed by atoms with Gasteiger partial charge in [0, 0.05) is 12.1 Å². The molecule has 0 aromatic heterocycles. The Labute approximate surface area is 206 Å². The fourth-order valence-electron chi connectivity index (χ4n) is 4.04. The predicted octanol–water partition coefficient (Wildman–Crippen LogP) is 5.26. The molecule has 0 fully saturated rings. The molecule has 35 heavy (non-hydrogen) atoms. The maximum absolute atomic E-state index is 12.7. The monoisotopic (exact) mass is 476 g/mol. The van der Waals surface area contributed by atoms with Gasteiger partial charge < -0.3 is 24.3 Å². The van der Waals surface area contributed by atoms with E-state index >= 15 is 0 Å². The van der Waals surface area contributed by atoms with Gasteiger partial charge in [-0.1, -0.05) is 32.0 Å². The van der Waals surface area contributed by atoms with Crippen LogP contribution in [-0.2, 0) is 11.3 Å². The molecule has 0 saturated carbocycles. The van der Waals surface area contributed by atoms with Crippen molar-refractivity contribution in [3.05, 3.63) is 65.7 Å². The SMILES string of the molecule is CCN(CC)Cc1cc(-c2ccc3c(c2)OCO3)ccc1OCC(=O)Nc1cc(C)ccc1OC. The highest BCUT2D eigenvalue weighted by Crippen LogP contribution is 2.37. The first-order valence-corrected chi connectivity index (χ1v) is 11.8. The Morgan fingerprint density at radius 3 is 2.43 bits per heavy atom. The van der Waals surface area contributed by atoms with Gasteiger partial charge in [0.2, 0.25) is 6.79 Å². The number of amides is 1. The lowest BCUT2D eigenvalue weighted by atomic mass is 10.0. The molecule has 0 spiro atoms. The Morgan fingerprint density at radius 2 is 1.66 bits per heavy atom. The second-order valence-electron chi connectivity index (χ2n) is 8.39. The van der Waals surface area contributed by atoms with Gasteiger partial charge in [-0.15, -0.1) is 0 Å². The molecule has 1 aliphatic heterocycles. The van der Waals surface area contributed by atoms with Crippen molar-refractivity contribution in [2.24, 2.45) is 0 Å². The summed E-state index contributed by atoms with van der Waals surface area (Å²) >= 11 is 0. The highest BCUT2D eigenvalue weighted by atomic mass is 16.7. The zero-order chi connectivity index (χ0) is 24.8. The Kier molecular flexibility index (Phi) is 7.77. The van der Waals surface area contributed by atoms with Crippen LogP contribution in [0.1, 0.15) is 25.0 Å². The Balaban J connectivity index is 1.53. The summed E-state index contributed by atoms with van der Waals surface area (Å²) in [4.78, 5) is 15.0. The molecule has 0 bridgehead atoms. The van der Waals surface area contributed by atoms with Crippen molar-refractivity contribution in [2.75, 3.05) is 38.9 Å². The van der Waals surface area contributed by atoms with Crippen LogP contribution < -0.4 is 24.3 Å². The third-order valence-electron chi connectivity index (χ3n) is 6.04. The van der Waals surface area contributed by atoms with Crippen molar-refractivity contribution in [1.29, 1.82) is 0 Å². The standard InChI is InChI=1S/C28H32N2O5/c1-5-30(6-2)16-22-14-20(21-9-12-26-27(15-21)35-18-34-26)8-11-24(22)33-17-28(31)29-23-13-19(3)7-10-25(23)32-4/h7-15H,5-6,16-18H2,1-4H3,(H,29,31). The Morgan fingerprint density at radius 1 is 0.943 bits per heavy atom. The number of benzene rings is 3. The van der Waals surface area contributed by atoms with E-state index in [9.17, 15) is 4.79 Å². The summed E-state index contributed by atoms with van der Waals surface area (Å²) in [7, 11) is 1.58. The second kappa shape index (κ2) is 11.1. The molecule has 0 radical (unpaired) electrons. The molecule has 1 aliphatic rings. The smallest absolute Gasteiger partial charge is 0.262 e. The molecule has 0 saturated heterocycles. The van der Waals surface area contributed by atoms with Crippen LogP contribution in [0.4, 0.5) is 5.69 Å². The van der Waals surface area contributed by atoms with E-state index in [1.807, 2.05) is 55.5 Å². The number of nitrogens with zero attached hydrogens (tertiary/aromatic N) is 1. The molecule has 3 aromatic rings. The summed E-state index contributed by atoms with van der Waals surface area (Å²) in [6.45, 7) is 8.92. The van der Waals surface area contributed by atoms with Gasteiger partial charge in [-0.2, -0.15) is 0 Å². The predicted molar refractivity (Wildman–Crippen MR) is 136 cm³/mol. The molecule has 1 amide bonds. The van der Waals surface area contributed by atoms with Crippen molar-refractivity contribution in [3.63, 3.8) is 0 Å². The number of carbonyl (C=O) groups excluding carboxylic acids is 1. The number of anilines is 1. The van der Waals surface area contributed by atoms with Gasteiger partial charge in [0.05, 0.1) is 12.8 Å². The van der Waals surface area contributed by atoms with Gasteiger partial charge in [-0.3, -0.25) is 9.69 Å². The maximum atomic E-state index is 12.7. The molecule has 0 unspecified atom stereocenters. The largest absolute Gasteiger partial charge is 0.495 e. The number of methoxy groups -OCH3 is 1. The molecule has 0 aliphatic carbocycles. The zero-order valence-electron chi connectivity index (χ0n) is 20.7. The minimum atomic E-state index is -0.248. The topological polar surface area (TPSA) is 69.3 Å². The average Bonchev–Trinajstić information content (AvgIpc) is 3.34. The third kappa shape index (κ3) is 5.87. The maximum Gasteiger partial charge on any atom is 0.262 e. The van der Waals surface area contributed by atoms with E-state index in [2.05, 4.69) is 30.1 Å². The van der Waals surface area contributed by atoms with Crippen LogP contribution in [-0.4, -0.2) is 44.4 Å². The van der Waals surface area contributed by atoms with Crippen LogP contribution in [0.5, 0.6) is 23.0 Å². The minimum absolute atomic E-state index is 0.105. The van der Waals surface area contributed by atoms with E-state index < -0.39 is 0 Å². The third-order valence-corrected chi connectivity index (χ3v) is 6.04. The summed E-state index contributed by atoms with van der Waals surface area (Å²) in [6.07, 6.45) is 0. The molecule has 7 heteroatoms. The number of hydrogen-bond donors (Lipinski definition) is 1. The van der Waals surface area contributed by atoms with E-state index in [0.29, 0.717) is 23.7 Å². The fourth-order valence-corrected chi connectivity index (χ4v) is 4.04. The first-order valence-electron chi connectivity index (χ1n) is 11.8. The Bertz CT molecular complexity index is 1190. The van der Waals surface area contributed by atoms with Crippen molar-refractivity contribution in [3.8, 4) is 34.1 Å². The van der Waals surface area contributed by atoms with E-state index in [4.69, 9.17) is 18.9 Å². The zero-order valence-corrected chi connectivity index (χ0v) is 20.7. The highest BCUT2D eigenvalue weighted by molar-refractivity contribution is 5.93. The molecular formula is C28H32N2O5. The molecule has 4 rings (SSSR count). The number of nitrogens with one attached hydrogen (secondary N) is 1. The summed E-state index contributed by atoms with van der Waals surface area (Å²) in [5.41, 5.74) is 4.76. The van der Waals surface area contributed by atoms with E-state index in [1.165, 1.54) is 0 Å². The molecule has 1 heterocycles. The van der Waals surface area contributed by atoms with Crippen molar-refractivity contribution in [2.45, 2.75) is 27.3 Å². The van der Waals surface area contributed by atoms with Crippen molar-refractivity contribution < 1.29 is 23.7 Å². The minimum Gasteiger partial charge on any atom is -0.495 e. The van der Waals surface area contributed by atoms with Gasteiger partial charge in [-0.05, 0) is 73.1 Å². The molecule has 7 nitrogen and oxygen atoms in total. The van der Waals surface area contributed by atoms with Gasteiger partial charge in [0.25, 0.3) is 5.91 Å². The summed E-state index contributed by atoms with van der Waals surface area (Å²) < 4.78 is 22.3. The summed E-state index contributed by atoms with van der Waals surface area (Å²) in [6, 6.07) is 17.6. The molecule has 0 atom stereocenters. The number of fused-ring (bicyclic) bond motifs is 1. The average molecular weight is 477 g/mol. The van der Waals surface area contributed by atoms with Gasteiger partial charge in [0.15, 0.2) is 18.1 Å². The molecule has 184 valence electrons. The van der Waals surface area contributed by atoms with Gasteiger partial charge >= 0.3 is 0 Å². The van der Waals surface area contributed by atoms with Crippen LogP contribution in [0.15, 0.2) is 54.6 Å². The lowest BCUT2D eigenvalue weighted by Gasteiger charge is -2.21. The summed E-state index contributed by atoms with van der Waals surface area (Å²) in [5, 5.41) is 2.89. The number of hydrogen-bond acceptors (Lipinski definition) is 6. The number of aryl methyl sites for hydroxylation is 1. The lowest BCUT2D eigenvalue weighted by Crippen LogP contribution is -2.24. The van der Waals surface area contributed by atoms with Gasteiger partial charge in [-0.25, -0.2) is 0 Å². The number of carbonyl (C=O) groups is 1. The molecule has 1 N–H and O–H groups in total. The second-order valence-corrected chi connectivity index (χ2v) is 8.39. The first kappa shape index (κ1) is 24.4. The first-order chi connectivity index (χ1) is 17.0. The molecule has 3 aromatic carbocycles. The Hall–Kier alpha value is -3.71. The van der Waals surface area contributed by atoms with Crippen LogP contribution in [0, 0.1) is 6.92 Å². The van der Waals surface area contributed by atoms with Crippen molar-refractivity contribution in [1.82, 2.24) is 4.90 Å². The highest BCUT2D eigenvalue weighted by Gasteiger charge is 2.16. The quantitative estimate of drug-likeness (QED) is 0.431. The summed E-state index contributed by atoms with van der Waals surface area (Å²) in [5.74, 6) is 2.55. The molecular weight excluding hydrogens is 444 g/mol. The normalized spacial score (nSPS) is 12.0. The van der Waals surface area contributed by atoms with Crippen LogP contribution in [0.3, 0.4) is 0 Å². The van der Waals surface area contributed by atoms with Gasteiger partial charge in [0.1, 0.15) is 11.5 Å². The number of rotatable bonds is 10. The lowest BCUT2D eigenvalue weighted by molar-refractivity contribution is -0.118. The van der Waals surface area contributed by atoms with E-state index in [1.54, 1.807) is 7.11 Å². The van der Waals surface area contributed by atoms with E-state index in [-0.39, 0.29) is 19.3 Å². The number of ether oxygens (including phenoxy) is 4. The van der Waals surface area contributed by atoms with Crippen LogP contribution in [0.2, 0.25) is 0 Å². The van der Waals surface area contributed by atoms with Crippen LogP contribution in [0.25, 0.3) is 11.1 Å². The fraction of sp³-hybridized carbons (Fsp3) is 0.321. The van der Waals surface area contributed by atoms with Crippen LogP contribution >= 0.6 is 0 Å².